The Morgan fingerprint density at radius 2 is 2.06 bits per heavy atom. The molecule has 3 rings (SSSR count). The maximum Gasteiger partial charge on any atom is 0.161 e. The maximum absolute atomic E-state index is 4.83. The van der Waals surface area contributed by atoms with Crippen LogP contribution in [-0.2, 0) is 0 Å². The average molecular weight is 358 g/mol. The zero-order valence-electron chi connectivity index (χ0n) is 9.53. The standard InChI is InChI=1S/C13H15IN2S/c14-10-4-6-11(7-5-10)15-13-16-12-3-1-2-9(12)8-17-13/h4-7,9,12H,1-3,8H2,(H,15,16). The van der Waals surface area contributed by atoms with Crippen LogP contribution in [0.25, 0.3) is 0 Å². The predicted octanol–water partition coefficient (Wildman–Crippen LogP) is 3.97. The van der Waals surface area contributed by atoms with Gasteiger partial charge in [0.25, 0.3) is 0 Å². The monoisotopic (exact) mass is 358 g/mol. The molecular weight excluding hydrogens is 343 g/mol. The summed E-state index contributed by atoms with van der Waals surface area (Å²) >= 11 is 4.20. The summed E-state index contributed by atoms with van der Waals surface area (Å²) in [4.78, 5) is 4.83. The first-order valence-corrected chi connectivity index (χ1v) is 8.11. The molecule has 1 aromatic rings. The van der Waals surface area contributed by atoms with Crippen LogP contribution in [0.1, 0.15) is 19.3 Å². The SMILES string of the molecule is Ic1ccc(NC2=NC3CCCC3CS2)cc1. The van der Waals surface area contributed by atoms with Crippen LogP contribution in [0, 0.1) is 9.49 Å². The number of aliphatic imine (C=N–C) groups is 1. The van der Waals surface area contributed by atoms with Crippen LogP contribution in [0.4, 0.5) is 5.69 Å². The second kappa shape index (κ2) is 5.18. The molecule has 1 heterocycles. The molecule has 1 aromatic carbocycles. The van der Waals surface area contributed by atoms with E-state index in [1.807, 2.05) is 11.8 Å². The molecule has 2 atom stereocenters. The van der Waals surface area contributed by atoms with Gasteiger partial charge in [-0.2, -0.15) is 0 Å². The third-order valence-electron chi connectivity index (χ3n) is 3.43. The van der Waals surface area contributed by atoms with Gasteiger partial charge < -0.3 is 5.32 Å². The second-order valence-corrected chi connectivity index (χ2v) is 6.89. The van der Waals surface area contributed by atoms with Crippen molar-refractivity contribution in [2.45, 2.75) is 25.3 Å². The normalized spacial score (nSPS) is 27.5. The van der Waals surface area contributed by atoms with Crippen LogP contribution >= 0.6 is 34.4 Å². The molecule has 0 amide bonds. The summed E-state index contributed by atoms with van der Waals surface area (Å²) in [5, 5.41) is 4.54. The molecule has 1 saturated carbocycles. The Bertz CT molecular complexity index is 430. The van der Waals surface area contributed by atoms with Crippen LogP contribution in [0.5, 0.6) is 0 Å². The van der Waals surface area contributed by atoms with E-state index < -0.39 is 0 Å². The van der Waals surface area contributed by atoms with E-state index in [4.69, 9.17) is 4.99 Å². The number of nitrogens with one attached hydrogen (secondary N) is 1. The molecule has 0 radical (unpaired) electrons. The van der Waals surface area contributed by atoms with Gasteiger partial charge in [-0.3, -0.25) is 4.99 Å². The van der Waals surface area contributed by atoms with E-state index in [9.17, 15) is 0 Å². The van der Waals surface area contributed by atoms with Gasteiger partial charge in [0.15, 0.2) is 5.17 Å². The average Bonchev–Trinajstić information content (AvgIpc) is 2.79. The first-order valence-electron chi connectivity index (χ1n) is 6.04. The number of hydrogen-bond donors (Lipinski definition) is 1. The Morgan fingerprint density at radius 1 is 1.24 bits per heavy atom. The fourth-order valence-corrected chi connectivity index (χ4v) is 4.00. The number of rotatable bonds is 1. The summed E-state index contributed by atoms with van der Waals surface area (Å²) in [7, 11) is 0. The third kappa shape index (κ3) is 2.78. The van der Waals surface area contributed by atoms with E-state index in [0.29, 0.717) is 6.04 Å². The highest BCUT2D eigenvalue weighted by Crippen LogP contribution is 2.35. The van der Waals surface area contributed by atoms with Crippen molar-refractivity contribution < 1.29 is 0 Å². The third-order valence-corrected chi connectivity index (χ3v) is 5.23. The molecule has 2 unspecified atom stereocenters. The van der Waals surface area contributed by atoms with Gasteiger partial charge in [-0.15, -0.1) is 0 Å². The summed E-state index contributed by atoms with van der Waals surface area (Å²) in [6.45, 7) is 0. The van der Waals surface area contributed by atoms with Gasteiger partial charge in [0, 0.05) is 15.0 Å². The van der Waals surface area contributed by atoms with Crippen LogP contribution in [0.3, 0.4) is 0 Å². The van der Waals surface area contributed by atoms with Gasteiger partial charge in [0.05, 0.1) is 6.04 Å². The van der Waals surface area contributed by atoms with Crippen molar-refractivity contribution in [3.8, 4) is 0 Å². The molecule has 0 spiro atoms. The molecule has 0 bridgehead atoms. The molecule has 1 N–H and O–H groups in total. The number of thioether (sulfide) groups is 1. The van der Waals surface area contributed by atoms with E-state index in [0.717, 1.165) is 16.8 Å². The van der Waals surface area contributed by atoms with Crippen molar-refractivity contribution >= 4 is 45.2 Å². The van der Waals surface area contributed by atoms with Gasteiger partial charge in [0.1, 0.15) is 0 Å². The number of benzene rings is 1. The van der Waals surface area contributed by atoms with Crippen LogP contribution < -0.4 is 5.32 Å². The quantitative estimate of drug-likeness (QED) is 0.769. The highest BCUT2D eigenvalue weighted by Gasteiger charge is 2.30. The minimum Gasteiger partial charge on any atom is -0.335 e. The maximum atomic E-state index is 4.83. The van der Waals surface area contributed by atoms with Crippen molar-refractivity contribution in [2.24, 2.45) is 10.9 Å². The Morgan fingerprint density at radius 3 is 2.88 bits per heavy atom. The van der Waals surface area contributed by atoms with Gasteiger partial charge in [-0.25, -0.2) is 0 Å². The Balaban J connectivity index is 1.71. The van der Waals surface area contributed by atoms with Crippen LogP contribution in [-0.4, -0.2) is 17.0 Å². The zero-order valence-corrected chi connectivity index (χ0v) is 12.5. The van der Waals surface area contributed by atoms with Gasteiger partial charge in [0.2, 0.25) is 0 Å². The van der Waals surface area contributed by atoms with E-state index in [-0.39, 0.29) is 0 Å². The molecule has 0 aromatic heterocycles. The van der Waals surface area contributed by atoms with Crippen molar-refractivity contribution in [1.82, 2.24) is 0 Å². The smallest absolute Gasteiger partial charge is 0.161 e. The van der Waals surface area contributed by atoms with E-state index in [1.165, 1.54) is 28.6 Å². The first-order chi connectivity index (χ1) is 8.31. The minimum absolute atomic E-state index is 0.586. The Hall–Kier alpha value is -0.230. The molecule has 17 heavy (non-hydrogen) atoms. The Labute approximate surface area is 120 Å². The topological polar surface area (TPSA) is 24.4 Å². The molecule has 90 valence electrons. The summed E-state index contributed by atoms with van der Waals surface area (Å²) in [6, 6.07) is 9.06. The van der Waals surface area contributed by atoms with E-state index in [2.05, 4.69) is 52.2 Å². The van der Waals surface area contributed by atoms with Crippen LogP contribution in [0.2, 0.25) is 0 Å². The molecule has 2 aliphatic rings. The molecular formula is C13H15IN2S. The largest absolute Gasteiger partial charge is 0.335 e. The van der Waals surface area contributed by atoms with E-state index >= 15 is 0 Å². The lowest BCUT2D eigenvalue weighted by Gasteiger charge is -2.23. The van der Waals surface area contributed by atoms with Crippen molar-refractivity contribution in [3.63, 3.8) is 0 Å². The highest BCUT2D eigenvalue weighted by atomic mass is 127. The van der Waals surface area contributed by atoms with Gasteiger partial charge >= 0.3 is 0 Å². The lowest BCUT2D eigenvalue weighted by atomic mass is 10.1. The van der Waals surface area contributed by atoms with E-state index in [1.54, 1.807) is 0 Å². The summed E-state index contributed by atoms with van der Waals surface area (Å²) < 4.78 is 1.27. The fraction of sp³-hybridized carbons (Fsp3) is 0.462. The van der Waals surface area contributed by atoms with Crippen molar-refractivity contribution in [1.29, 1.82) is 0 Å². The highest BCUT2D eigenvalue weighted by molar-refractivity contribution is 14.1. The summed E-state index contributed by atoms with van der Waals surface area (Å²) in [5.74, 6) is 2.07. The van der Waals surface area contributed by atoms with Crippen molar-refractivity contribution in [2.75, 3.05) is 11.1 Å². The predicted molar refractivity (Wildman–Crippen MR) is 83.8 cm³/mol. The summed E-state index contributed by atoms with van der Waals surface area (Å²) in [6.07, 6.45) is 4.01. The number of anilines is 1. The molecule has 2 nitrogen and oxygen atoms in total. The molecule has 0 saturated heterocycles. The molecule has 1 fully saturated rings. The first kappa shape index (κ1) is 11.8. The summed E-state index contributed by atoms with van der Waals surface area (Å²) in [5.41, 5.74) is 1.15. The molecule has 1 aliphatic heterocycles. The number of fused-ring (bicyclic) bond motifs is 1. The number of nitrogens with zero attached hydrogens (tertiary/aromatic N) is 1. The van der Waals surface area contributed by atoms with Crippen LogP contribution in [0.15, 0.2) is 29.3 Å². The number of hydrogen-bond acceptors (Lipinski definition) is 3. The van der Waals surface area contributed by atoms with Crippen molar-refractivity contribution in [3.05, 3.63) is 27.8 Å². The number of amidine groups is 1. The lowest BCUT2D eigenvalue weighted by Crippen LogP contribution is -2.25. The fourth-order valence-electron chi connectivity index (χ4n) is 2.48. The van der Waals surface area contributed by atoms with Gasteiger partial charge in [-0.05, 0) is 65.6 Å². The lowest BCUT2D eigenvalue weighted by molar-refractivity contribution is 0.535. The molecule has 4 heteroatoms. The van der Waals surface area contributed by atoms with Gasteiger partial charge in [-0.1, -0.05) is 18.2 Å². The second-order valence-electron chi connectivity index (χ2n) is 4.64. The minimum atomic E-state index is 0.586. The number of halogens is 1. The zero-order chi connectivity index (χ0) is 11.7. The molecule has 1 aliphatic carbocycles. The Kier molecular flexibility index (Phi) is 3.61.